The largest absolute Gasteiger partial charge is 0.496 e. The number of carbonyl (C=O) groups excluding carboxylic acids is 1. The van der Waals surface area contributed by atoms with Crippen molar-refractivity contribution in [3.8, 4) is 5.75 Å². The van der Waals surface area contributed by atoms with E-state index >= 15 is 0 Å². The number of piperidine rings is 1. The number of nitrogens with one attached hydrogen (secondary N) is 3. The van der Waals surface area contributed by atoms with E-state index in [0.717, 1.165) is 25.2 Å². The van der Waals surface area contributed by atoms with Crippen LogP contribution >= 0.6 is 0 Å². The van der Waals surface area contributed by atoms with Crippen molar-refractivity contribution in [2.75, 3.05) is 39.1 Å². The quantitative estimate of drug-likeness (QED) is 0.742. The number of quaternary nitrogens is 1. The monoisotopic (exact) mass is 292 g/mol. The van der Waals surface area contributed by atoms with Crippen molar-refractivity contribution in [2.24, 2.45) is 0 Å². The third-order valence-electron chi connectivity index (χ3n) is 4.19. The van der Waals surface area contributed by atoms with Crippen LogP contribution in [0.4, 0.5) is 5.69 Å². The van der Waals surface area contributed by atoms with Gasteiger partial charge < -0.3 is 20.3 Å². The van der Waals surface area contributed by atoms with Gasteiger partial charge in [-0.1, -0.05) is 0 Å². The van der Waals surface area contributed by atoms with Gasteiger partial charge in [-0.2, -0.15) is 0 Å². The molecule has 1 aromatic carbocycles. The van der Waals surface area contributed by atoms with Gasteiger partial charge in [0, 0.05) is 12.7 Å². The smallest absolute Gasteiger partial charge is 0.255 e. The molecule has 21 heavy (non-hydrogen) atoms. The van der Waals surface area contributed by atoms with Gasteiger partial charge in [0.05, 0.1) is 38.3 Å². The SMILES string of the molecule is CC[NH+]1CCC[C@H](NC(=O)c2cc(NC)ccc2OC)C1. The van der Waals surface area contributed by atoms with E-state index in [1.807, 2.05) is 25.2 Å². The van der Waals surface area contributed by atoms with Crippen molar-refractivity contribution in [1.82, 2.24) is 5.32 Å². The molecule has 0 bridgehead atoms. The predicted octanol–water partition coefficient (Wildman–Crippen LogP) is 0.534. The number of methoxy groups -OCH3 is 1. The fourth-order valence-corrected chi connectivity index (χ4v) is 2.90. The van der Waals surface area contributed by atoms with Gasteiger partial charge in [-0.25, -0.2) is 0 Å². The van der Waals surface area contributed by atoms with Crippen molar-refractivity contribution < 1.29 is 14.4 Å². The van der Waals surface area contributed by atoms with Crippen LogP contribution in [0.15, 0.2) is 18.2 Å². The van der Waals surface area contributed by atoms with Gasteiger partial charge in [0.2, 0.25) is 0 Å². The zero-order chi connectivity index (χ0) is 15.2. The standard InChI is InChI=1S/C16H25N3O2/c1-4-19-9-5-6-13(11-19)18-16(20)14-10-12(17-2)7-8-15(14)21-3/h7-8,10,13,17H,4-6,9,11H2,1-3H3,(H,18,20)/p+1/t13-/m0/s1. The molecule has 5 heteroatoms. The van der Waals surface area contributed by atoms with Crippen LogP contribution < -0.4 is 20.3 Å². The summed E-state index contributed by atoms with van der Waals surface area (Å²) in [5.74, 6) is 0.563. The molecule has 3 N–H and O–H groups in total. The van der Waals surface area contributed by atoms with Crippen LogP contribution in [0.25, 0.3) is 0 Å². The lowest BCUT2D eigenvalue weighted by molar-refractivity contribution is -0.904. The summed E-state index contributed by atoms with van der Waals surface area (Å²) in [5.41, 5.74) is 1.50. The van der Waals surface area contributed by atoms with E-state index in [1.54, 1.807) is 12.0 Å². The first-order valence-corrected chi connectivity index (χ1v) is 7.68. The molecule has 116 valence electrons. The average molecular weight is 292 g/mol. The van der Waals surface area contributed by atoms with Crippen LogP contribution in [0.2, 0.25) is 0 Å². The minimum atomic E-state index is -0.0497. The highest BCUT2D eigenvalue weighted by atomic mass is 16.5. The van der Waals surface area contributed by atoms with Crippen LogP contribution in [0.1, 0.15) is 30.1 Å². The number of anilines is 1. The molecule has 1 aromatic rings. The molecule has 1 heterocycles. The first kappa shape index (κ1) is 15.6. The Labute approximate surface area is 126 Å². The molecular weight excluding hydrogens is 266 g/mol. The number of likely N-dealkylation sites (tertiary alicyclic amines) is 1. The molecule has 1 unspecified atom stereocenters. The maximum Gasteiger partial charge on any atom is 0.255 e. The molecular formula is C16H26N3O2+. The van der Waals surface area contributed by atoms with Gasteiger partial charge in [0.25, 0.3) is 5.91 Å². The Morgan fingerprint density at radius 2 is 2.29 bits per heavy atom. The Bertz CT molecular complexity index is 490. The first-order valence-electron chi connectivity index (χ1n) is 7.68. The molecule has 5 nitrogen and oxygen atoms in total. The minimum absolute atomic E-state index is 0.0497. The highest BCUT2D eigenvalue weighted by Crippen LogP contribution is 2.22. The molecule has 0 aromatic heterocycles. The average Bonchev–Trinajstić information content (AvgIpc) is 2.54. The second-order valence-corrected chi connectivity index (χ2v) is 5.54. The maximum absolute atomic E-state index is 12.5. The Hall–Kier alpha value is -1.75. The van der Waals surface area contributed by atoms with E-state index in [-0.39, 0.29) is 11.9 Å². The number of benzene rings is 1. The molecule has 1 aliphatic rings. The number of rotatable bonds is 5. The van der Waals surface area contributed by atoms with Gasteiger partial charge in [-0.15, -0.1) is 0 Å². The molecule has 1 fully saturated rings. The second-order valence-electron chi connectivity index (χ2n) is 5.54. The van der Waals surface area contributed by atoms with E-state index < -0.39 is 0 Å². The summed E-state index contributed by atoms with van der Waals surface area (Å²) in [6.07, 6.45) is 2.23. The van der Waals surface area contributed by atoms with E-state index in [0.29, 0.717) is 11.3 Å². The van der Waals surface area contributed by atoms with Gasteiger partial charge in [0.1, 0.15) is 5.75 Å². The van der Waals surface area contributed by atoms with E-state index in [2.05, 4.69) is 17.6 Å². The molecule has 0 radical (unpaired) electrons. The van der Waals surface area contributed by atoms with Gasteiger partial charge in [-0.3, -0.25) is 4.79 Å². The van der Waals surface area contributed by atoms with Gasteiger partial charge >= 0.3 is 0 Å². The first-order chi connectivity index (χ1) is 10.2. The van der Waals surface area contributed by atoms with Crippen molar-refractivity contribution in [3.05, 3.63) is 23.8 Å². The topological polar surface area (TPSA) is 54.8 Å². The summed E-state index contributed by atoms with van der Waals surface area (Å²) >= 11 is 0. The Kier molecular flexibility index (Phi) is 5.44. The molecule has 1 saturated heterocycles. The van der Waals surface area contributed by atoms with Crippen LogP contribution in [-0.2, 0) is 0 Å². The van der Waals surface area contributed by atoms with Crippen LogP contribution in [-0.4, -0.2) is 45.7 Å². The predicted molar refractivity (Wildman–Crippen MR) is 84.3 cm³/mol. The number of hydrogen-bond donors (Lipinski definition) is 3. The minimum Gasteiger partial charge on any atom is -0.496 e. The number of likely N-dealkylation sites (N-methyl/N-ethyl adjacent to an activating group) is 1. The highest BCUT2D eigenvalue weighted by Gasteiger charge is 2.24. The summed E-state index contributed by atoms with van der Waals surface area (Å²) in [7, 11) is 3.43. The summed E-state index contributed by atoms with van der Waals surface area (Å²) < 4.78 is 5.30. The maximum atomic E-state index is 12.5. The van der Waals surface area contributed by atoms with Crippen LogP contribution in [0, 0.1) is 0 Å². The van der Waals surface area contributed by atoms with E-state index in [9.17, 15) is 4.79 Å². The number of hydrogen-bond acceptors (Lipinski definition) is 3. The summed E-state index contributed by atoms with van der Waals surface area (Å²) in [4.78, 5) is 14.1. The Morgan fingerprint density at radius 1 is 1.48 bits per heavy atom. The zero-order valence-corrected chi connectivity index (χ0v) is 13.2. The van der Waals surface area contributed by atoms with Crippen molar-refractivity contribution in [1.29, 1.82) is 0 Å². The Morgan fingerprint density at radius 3 is 2.95 bits per heavy atom. The van der Waals surface area contributed by atoms with Gasteiger partial charge in [0.15, 0.2) is 0 Å². The molecule has 0 aliphatic carbocycles. The van der Waals surface area contributed by atoms with Crippen molar-refractivity contribution in [2.45, 2.75) is 25.8 Å². The van der Waals surface area contributed by atoms with Crippen LogP contribution in [0.3, 0.4) is 0 Å². The summed E-state index contributed by atoms with van der Waals surface area (Å²) in [6, 6.07) is 5.82. The third kappa shape index (κ3) is 3.88. The number of ether oxygens (including phenoxy) is 1. The molecule has 1 amide bonds. The summed E-state index contributed by atoms with van der Waals surface area (Å²) in [6.45, 7) is 5.53. The molecule has 0 saturated carbocycles. The van der Waals surface area contributed by atoms with E-state index in [1.165, 1.54) is 13.0 Å². The molecule has 2 atom stereocenters. The van der Waals surface area contributed by atoms with E-state index in [4.69, 9.17) is 4.74 Å². The second kappa shape index (κ2) is 7.31. The molecule has 0 spiro atoms. The highest BCUT2D eigenvalue weighted by molar-refractivity contribution is 5.98. The fourth-order valence-electron chi connectivity index (χ4n) is 2.90. The number of carbonyl (C=O) groups is 1. The normalized spacial score (nSPS) is 21.7. The lowest BCUT2D eigenvalue weighted by Gasteiger charge is -2.29. The lowest BCUT2D eigenvalue weighted by Crippen LogP contribution is -3.14. The fraction of sp³-hybridized carbons (Fsp3) is 0.562. The molecule has 1 aliphatic heterocycles. The number of amides is 1. The van der Waals surface area contributed by atoms with Gasteiger partial charge in [-0.05, 0) is 38.0 Å². The van der Waals surface area contributed by atoms with Crippen LogP contribution in [0.5, 0.6) is 5.75 Å². The van der Waals surface area contributed by atoms with Crippen molar-refractivity contribution in [3.63, 3.8) is 0 Å². The Balaban J connectivity index is 2.08. The third-order valence-corrected chi connectivity index (χ3v) is 4.19. The summed E-state index contributed by atoms with van der Waals surface area (Å²) in [5, 5.41) is 6.21. The lowest BCUT2D eigenvalue weighted by atomic mass is 10.0. The van der Waals surface area contributed by atoms with Crippen molar-refractivity contribution >= 4 is 11.6 Å². The zero-order valence-electron chi connectivity index (χ0n) is 13.2. The molecule has 2 rings (SSSR count).